The number of aromatic nitrogens is 6. The number of H-pyrrole nitrogens is 1. The van der Waals surface area contributed by atoms with Crippen molar-refractivity contribution >= 4 is 57.5 Å². The molecule has 10 rings (SSSR count). The molecule has 5 unspecified atom stereocenters. The third-order valence-corrected chi connectivity index (χ3v) is 12.7. The Morgan fingerprint density at radius 1 is 0.707 bits per heavy atom. The van der Waals surface area contributed by atoms with E-state index >= 15 is 0 Å². The van der Waals surface area contributed by atoms with Crippen LogP contribution in [-0.2, 0) is 15.9 Å². The number of rotatable bonds is 14. The lowest BCUT2D eigenvalue weighted by Gasteiger charge is -2.18. The van der Waals surface area contributed by atoms with Gasteiger partial charge in [0.1, 0.15) is 30.7 Å². The average molecular weight is 801 g/mol. The summed E-state index contributed by atoms with van der Waals surface area (Å²) in [5.41, 5.74) is 7.91. The maximum absolute atomic E-state index is 5.94. The van der Waals surface area contributed by atoms with E-state index in [-0.39, 0.29) is 30.7 Å². The van der Waals surface area contributed by atoms with E-state index in [0.717, 1.165) is 54.4 Å². The number of likely N-dealkylation sites (N-methyl/N-ethyl adjacent to an activating group) is 2. The number of epoxide rings is 2. The van der Waals surface area contributed by atoms with E-state index < -0.39 is 0 Å². The highest BCUT2D eigenvalue weighted by molar-refractivity contribution is 7.99. The fraction of sp³-hybridized carbons (Fsp3) is 0.174. The summed E-state index contributed by atoms with van der Waals surface area (Å²) in [5.74, 6) is 0. The van der Waals surface area contributed by atoms with Gasteiger partial charge in [0.05, 0.1) is 28.1 Å². The Morgan fingerprint density at radius 2 is 1.34 bits per heavy atom. The van der Waals surface area contributed by atoms with Crippen LogP contribution in [-0.4, -0.2) is 56.5 Å². The summed E-state index contributed by atoms with van der Waals surface area (Å²) >= 11 is 3.47. The molecule has 0 radical (unpaired) electrons. The van der Waals surface area contributed by atoms with E-state index in [2.05, 4.69) is 122 Å². The molecule has 6 heterocycles. The Morgan fingerprint density at radius 3 is 1.98 bits per heavy atom. The van der Waals surface area contributed by atoms with Crippen LogP contribution in [0.2, 0.25) is 0 Å². The lowest BCUT2D eigenvalue weighted by molar-refractivity contribution is 0.355. The van der Waals surface area contributed by atoms with Gasteiger partial charge in [-0.1, -0.05) is 72.1 Å². The van der Waals surface area contributed by atoms with Gasteiger partial charge >= 0.3 is 0 Å². The molecular weight excluding hydrogens is 761 g/mol. The van der Waals surface area contributed by atoms with Crippen molar-refractivity contribution in [3.05, 3.63) is 168 Å². The molecule has 10 nitrogen and oxygen atoms in total. The SMILES string of the molecule is CNC1OC1c1ccccc1Sc1ccc2c(C(Cc3ccccn3)n3nc(C=Cc4ccccn4)c4ccc(Sc5ccccc5C5OC5NC)cc43)[nH]nc2c1. The van der Waals surface area contributed by atoms with Crippen molar-refractivity contribution in [2.45, 2.75) is 56.7 Å². The third kappa shape index (κ3) is 7.46. The van der Waals surface area contributed by atoms with Gasteiger partial charge in [-0.15, -0.1) is 0 Å². The van der Waals surface area contributed by atoms with Crippen LogP contribution in [0.25, 0.3) is 34.0 Å². The van der Waals surface area contributed by atoms with Crippen LogP contribution < -0.4 is 10.6 Å². The summed E-state index contributed by atoms with van der Waals surface area (Å²) in [4.78, 5) is 13.9. The monoisotopic (exact) mass is 800 g/mol. The van der Waals surface area contributed by atoms with E-state index in [1.165, 1.54) is 20.9 Å². The van der Waals surface area contributed by atoms with E-state index in [9.17, 15) is 0 Å². The summed E-state index contributed by atoms with van der Waals surface area (Å²) in [6.45, 7) is 0. The van der Waals surface area contributed by atoms with Gasteiger partial charge in [0.25, 0.3) is 0 Å². The minimum Gasteiger partial charge on any atom is -0.348 e. The van der Waals surface area contributed by atoms with E-state index in [1.807, 2.05) is 56.7 Å². The summed E-state index contributed by atoms with van der Waals surface area (Å²) < 4.78 is 14.0. The molecule has 8 aromatic rings. The van der Waals surface area contributed by atoms with Crippen molar-refractivity contribution in [3.8, 4) is 0 Å². The maximum Gasteiger partial charge on any atom is 0.139 e. The van der Waals surface area contributed by atoms with Crippen molar-refractivity contribution in [1.29, 1.82) is 0 Å². The minimum absolute atomic E-state index is 0.0321. The molecule has 0 amide bonds. The normalized spacial score (nSPS) is 19.3. The molecule has 2 fully saturated rings. The van der Waals surface area contributed by atoms with Gasteiger partial charge in [-0.3, -0.25) is 30.4 Å². The first-order valence-electron chi connectivity index (χ1n) is 19.3. The lowest BCUT2D eigenvalue weighted by Crippen LogP contribution is -2.16. The summed E-state index contributed by atoms with van der Waals surface area (Å²) in [6, 6.07) is 41.8. The van der Waals surface area contributed by atoms with Crippen molar-refractivity contribution < 1.29 is 9.47 Å². The molecular formula is C46H40N8O2S2. The molecule has 5 atom stereocenters. The molecule has 0 saturated carbocycles. The second-order valence-electron chi connectivity index (χ2n) is 14.3. The molecule has 0 bridgehead atoms. The molecule has 3 N–H and O–H groups in total. The molecule has 4 aromatic carbocycles. The van der Waals surface area contributed by atoms with Gasteiger partial charge < -0.3 is 9.47 Å². The number of hydrogen-bond acceptors (Lipinski definition) is 10. The van der Waals surface area contributed by atoms with E-state index in [1.54, 1.807) is 29.7 Å². The Hall–Kier alpha value is -5.60. The zero-order valence-electron chi connectivity index (χ0n) is 31.8. The van der Waals surface area contributed by atoms with Crippen molar-refractivity contribution in [1.82, 2.24) is 40.6 Å². The topological polar surface area (TPSA) is 121 Å². The molecule has 0 aliphatic carbocycles. The Bertz CT molecular complexity index is 2760. The Kier molecular flexibility index (Phi) is 10.1. The van der Waals surface area contributed by atoms with Crippen molar-refractivity contribution in [2.75, 3.05) is 14.1 Å². The van der Waals surface area contributed by atoms with Gasteiger partial charge in [0, 0.05) is 54.9 Å². The molecule has 58 heavy (non-hydrogen) atoms. The Balaban J connectivity index is 1.06. The smallest absolute Gasteiger partial charge is 0.139 e. The van der Waals surface area contributed by atoms with Crippen LogP contribution in [0.1, 0.15) is 52.2 Å². The first kappa shape index (κ1) is 36.7. The zero-order valence-corrected chi connectivity index (χ0v) is 33.5. The lowest BCUT2D eigenvalue weighted by atomic mass is 10.0. The van der Waals surface area contributed by atoms with Crippen LogP contribution in [0, 0.1) is 0 Å². The van der Waals surface area contributed by atoms with Gasteiger partial charge in [0.15, 0.2) is 0 Å². The molecule has 2 aliphatic heterocycles. The quantitative estimate of drug-likeness (QED) is 0.0919. The molecule has 0 spiro atoms. The predicted octanol–water partition coefficient (Wildman–Crippen LogP) is 9.24. The Labute approximate surface area is 344 Å². The predicted molar refractivity (Wildman–Crippen MR) is 230 cm³/mol. The van der Waals surface area contributed by atoms with Crippen LogP contribution in [0.3, 0.4) is 0 Å². The van der Waals surface area contributed by atoms with Crippen molar-refractivity contribution in [3.63, 3.8) is 0 Å². The number of fused-ring (bicyclic) bond motifs is 2. The van der Waals surface area contributed by atoms with Crippen LogP contribution >= 0.6 is 23.5 Å². The number of hydrogen-bond donors (Lipinski definition) is 3. The first-order valence-corrected chi connectivity index (χ1v) is 20.9. The minimum atomic E-state index is -0.257. The second-order valence-corrected chi connectivity index (χ2v) is 16.5. The second kappa shape index (κ2) is 16.0. The van der Waals surface area contributed by atoms with E-state index in [0.29, 0.717) is 6.42 Å². The van der Waals surface area contributed by atoms with Gasteiger partial charge in [-0.25, -0.2) is 0 Å². The number of pyridine rings is 2. The molecule has 12 heteroatoms. The van der Waals surface area contributed by atoms with Gasteiger partial charge in [0.2, 0.25) is 0 Å². The molecule has 4 aromatic heterocycles. The number of ether oxygens (including phenoxy) is 2. The summed E-state index contributed by atoms with van der Waals surface area (Å²) in [6.07, 6.45) is 8.50. The number of nitrogens with zero attached hydrogens (tertiary/aromatic N) is 5. The highest BCUT2D eigenvalue weighted by Gasteiger charge is 2.41. The standard InChI is InChI=1S/C46H40N8O2S2/c1-47-45-43(55-45)34-13-3-5-15-40(34)57-30-19-21-33-37(26-30)51-52-42(33)39(25-29-12-8-10-24-50-29)54-38-27-31(58-41-16-6-4-14-35(41)44-46(48-2)56-44)18-20-32(38)36(53-54)22-17-28-11-7-9-23-49-28/h3-24,26-27,39,43-48H,25H2,1-2H3,(H,51,52). The fourth-order valence-electron chi connectivity index (χ4n) is 7.57. The summed E-state index contributed by atoms with van der Waals surface area (Å²) in [7, 11) is 3.86. The maximum atomic E-state index is 5.94. The van der Waals surface area contributed by atoms with Crippen LogP contribution in [0.4, 0.5) is 0 Å². The van der Waals surface area contributed by atoms with Gasteiger partial charge in [-0.05, 0) is 110 Å². The molecule has 2 saturated heterocycles. The van der Waals surface area contributed by atoms with Crippen molar-refractivity contribution in [2.24, 2.45) is 0 Å². The largest absolute Gasteiger partial charge is 0.348 e. The number of nitrogens with one attached hydrogen (secondary N) is 3. The van der Waals surface area contributed by atoms with Crippen LogP contribution in [0.5, 0.6) is 0 Å². The number of aromatic amines is 1. The first-order chi connectivity index (χ1) is 28.6. The highest BCUT2D eigenvalue weighted by atomic mass is 32.2. The molecule has 288 valence electrons. The highest BCUT2D eigenvalue weighted by Crippen LogP contribution is 2.45. The molecule has 2 aliphatic rings. The fourth-order valence-corrected chi connectivity index (χ4v) is 9.59. The number of benzene rings is 4. The average Bonchev–Trinajstić information content (AvgIpc) is 4.17. The van der Waals surface area contributed by atoms with Crippen LogP contribution in [0.15, 0.2) is 153 Å². The third-order valence-electron chi connectivity index (χ3n) is 10.6. The zero-order chi connectivity index (χ0) is 39.0. The van der Waals surface area contributed by atoms with Gasteiger partial charge in [-0.2, -0.15) is 10.2 Å². The summed E-state index contributed by atoms with van der Waals surface area (Å²) in [5, 5.41) is 22.3. The van der Waals surface area contributed by atoms with E-state index in [4.69, 9.17) is 24.7 Å².